The van der Waals surface area contributed by atoms with Crippen LogP contribution in [0.3, 0.4) is 0 Å². The quantitative estimate of drug-likeness (QED) is 0.661. The molecule has 0 N–H and O–H groups in total. The molecule has 0 aromatic heterocycles. The summed E-state index contributed by atoms with van der Waals surface area (Å²) in [5, 5.41) is 0. The first-order valence-corrected chi connectivity index (χ1v) is 5.58. The van der Waals surface area contributed by atoms with Crippen molar-refractivity contribution in [3.05, 3.63) is 29.8 Å². The lowest BCUT2D eigenvalue weighted by Crippen LogP contribution is -2.13. The Morgan fingerprint density at radius 3 is 2.75 bits per heavy atom. The largest absolute Gasteiger partial charge is 0.468 e. The molecular weight excluding hydrogens is 202 g/mol. The number of hydrogen-bond acceptors (Lipinski definition) is 3. The normalized spacial score (nSPS) is 10.8. The molecule has 90 valence electrons. The molecule has 0 aliphatic rings. The topological polar surface area (TPSA) is 21.7 Å². The SMILES string of the molecule is COCOc1cccc(CCCN(C)C)c1. The monoisotopic (exact) mass is 223 g/mol. The van der Waals surface area contributed by atoms with Crippen molar-refractivity contribution in [2.45, 2.75) is 12.8 Å². The van der Waals surface area contributed by atoms with Gasteiger partial charge < -0.3 is 14.4 Å². The van der Waals surface area contributed by atoms with E-state index in [4.69, 9.17) is 9.47 Å². The summed E-state index contributed by atoms with van der Waals surface area (Å²) in [7, 11) is 5.82. The predicted molar refractivity (Wildman–Crippen MR) is 65.8 cm³/mol. The lowest BCUT2D eigenvalue weighted by Gasteiger charge is -2.10. The van der Waals surface area contributed by atoms with Crippen LogP contribution in [0.15, 0.2) is 24.3 Å². The van der Waals surface area contributed by atoms with Gasteiger partial charge in [-0.2, -0.15) is 0 Å². The van der Waals surface area contributed by atoms with Crippen LogP contribution in [0.5, 0.6) is 5.75 Å². The zero-order valence-corrected chi connectivity index (χ0v) is 10.4. The molecule has 0 saturated carbocycles. The van der Waals surface area contributed by atoms with Gasteiger partial charge in [-0.3, -0.25) is 0 Å². The summed E-state index contributed by atoms with van der Waals surface area (Å²) in [5.41, 5.74) is 1.32. The van der Waals surface area contributed by atoms with Crippen molar-refractivity contribution in [3.63, 3.8) is 0 Å². The van der Waals surface area contributed by atoms with Gasteiger partial charge in [0.2, 0.25) is 0 Å². The van der Waals surface area contributed by atoms with Crippen LogP contribution in [0.1, 0.15) is 12.0 Å². The fraction of sp³-hybridized carbons (Fsp3) is 0.538. The molecule has 16 heavy (non-hydrogen) atoms. The molecule has 1 aromatic carbocycles. The van der Waals surface area contributed by atoms with Gasteiger partial charge in [-0.05, 0) is 51.2 Å². The summed E-state index contributed by atoms with van der Waals surface area (Å²) in [6, 6.07) is 8.19. The summed E-state index contributed by atoms with van der Waals surface area (Å²) in [4.78, 5) is 2.20. The Balaban J connectivity index is 2.40. The molecule has 1 rings (SSSR count). The summed E-state index contributed by atoms with van der Waals surface area (Å²) in [6.45, 7) is 1.42. The van der Waals surface area contributed by atoms with E-state index in [-0.39, 0.29) is 0 Å². The van der Waals surface area contributed by atoms with E-state index >= 15 is 0 Å². The number of ether oxygens (including phenoxy) is 2. The third-order valence-electron chi connectivity index (χ3n) is 2.31. The highest BCUT2D eigenvalue weighted by Crippen LogP contribution is 2.14. The molecule has 1 aromatic rings. The van der Waals surface area contributed by atoms with Crippen molar-refractivity contribution in [1.82, 2.24) is 4.90 Å². The van der Waals surface area contributed by atoms with Crippen molar-refractivity contribution < 1.29 is 9.47 Å². The van der Waals surface area contributed by atoms with E-state index in [1.54, 1.807) is 7.11 Å². The molecule has 0 heterocycles. The van der Waals surface area contributed by atoms with Crippen molar-refractivity contribution in [2.75, 3.05) is 34.5 Å². The molecule has 0 fully saturated rings. The van der Waals surface area contributed by atoms with Crippen LogP contribution >= 0.6 is 0 Å². The first-order chi connectivity index (χ1) is 7.72. The maximum Gasteiger partial charge on any atom is 0.188 e. The number of benzene rings is 1. The van der Waals surface area contributed by atoms with Crippen LogP contribution in [0.4, 0.5) is 0 Å². The highest BCUT2D eigenvalue weighted by atomic mass is 16.7. The summed E-state index contributed by atoms with van der Waals surface area (Å²) < 4.78 is 10.3. The van der Waals surface area contributed by atoms with Crippen molar-refractivity contribution in [2.24, 2.45) is 0 Å². The van der Waals surface area contributed by atoms with E-state index in [1.807, 2.05) is 12.1 Å². The van der Waals surface area contributed by atoms with Crippen molar-refractivity contribution >= 4 is 0 Å². The van der Waals surface area contributed by atoms with Gasteiger partial charge in [0.05, 0.1) is 0 Å². The minimum absolute atomic E-state index is 0.307. The minimum Gasteiger partial charge on any atom is -0.468 e. The lowest BCUT2D eigenvalue weighted by atomic mass is 10.1. The zero-order valence-electron chi connectivity index (χ0n) is 10.4. The molecule has 3 heteroatoms. The van der Waals surface area contributed by atoms with Crippen LogP contribution in [0, 0.1) is 0 Å². The summed E-state index contributed by atoms with van der Waals surface area (Å²) in [6.07, 6.45) is 2.25. The number of rotatable bonds is 7. The molecule has 0 unspecified atom stereocenters. The Bertz CT molecular complexity index is 300. The van der Waals surface area contributed by atoms with Crippen molar-refractivity contribution in [3.8, 4) is 5.75 Å². The maximum absolute atomic E-state index is 5.39. The lowest BCUT2D eigenvalue weighted by molar-refractivity contribution is 0.0511. The summed E-state index contributed by atoms with van der Waals surface area (Å²) >= 11 is 0. The first-order valence-electron chi connectivity index (χ1n) is 5.58. The Hall–Kier alpha value is -1.06. The third-order valence-corrected chi connectivity index (χ3v) is 2.31. The Labute approximate surface area is 98.0 Å². The highest BCUT2D eigenvalue weighted by molar-refractivity contribution is 5.28. The van der Waals surface area contributed by atoms with E-state index in [1.165, 1.54) is 12.0 Å². The van der Waals surface area contributed by atoms with Crippen LogP contribution in [0.2, 0.25) is 0 Å². The summed E-state index contributed by atoms with van der Waals surface area (Å²) in [5.74, 6) is 0.879. The molecule has 0 spiro atoms. The third kappa shape index (κ3) is 5.14. The zero-order chi connectivity index (χ0) is 11.8. The van der Waals surface area contributed by atoms with Crippen LogP contribution < -0.4 is 4.74 Å². The maximum atomic E-state index is 5.39. The van der Waals surface area contributed by atoms with Gasteiger partial charge in [0.15, 0.2) is 6.79 Å². The smallest absolute Gasteiger partial charge is 0.188 e. The Morgan fingerprint density at radius 2 is 2.06 bits per heavy atom. The number of aryl methyl sites for hydroxylation is 1. The van der Waals surface area contributed by atoms with E-state index in [9.17, 15) is 0 Å². The highest BCUT2D eigenvalue weighted by Gasteiger charge is 1.98. The molecular formula is C13H21NO2. The molecule has 3 nitrogen and oxygen atoms in total. The fourth-order valence-electron chi connectivity index (χ4n) is 1.52. The van der Waals surface area contributed by atoms with Gasteiger partial charge in [0.1, 0.15) is 5.75 Å². The second kappa shape index (κ2) is 7.25. The van der Waals surface area contributed by atoms with E-state index in [0.717, 1.165) is 18.7 Å². The Kier molecular flexibility index (Phi) is 5.90. The van der Waals surface area contributed by atoms with Crippen LogP contribution in [-0.4, -0.2) is 39.4 Å². The molecule has 0 amide bonds. The molecule has 0 aliphatic heterocycles. The van der Waals surface area contributed by atoms with Gasteiger partial charge in [-0.25, -0.2) is 0 Å². The van der Waals surface area contributed by atoms with Gasteiger partial charge >= 0.3 is 0 Å². The number of methoxy groups -OCH3 is 1. The van der Waals surface area contributed by atoms with E-state index in [2.05, 4.69) is 31.1 Å². The molecule has 0 saturated heterocycles. The average molecular weight is 223 g/mol. The second-order valence-corrected chi connectivity index (χ2v) is 4.11. The molecule has 0 bridgehead atoms. The number of nitrogens with zero attached hydrogens (tertiary/aromatic N) is 1. The molecule has 0 radical (unpaired) electrons. The van der Waals surface area contributed by atoms with Gasteiger partial charge in [-0.1, -0.05) is 12.1 Å². The fourth-order valence-corrected chi connectivity index (χ4v) is 1.52. The predicted octanol–water partition coefficient (Wildman–Crippen LogP) is 2.16. The van der Waals surface area contributed by atoms with Crippen LogP contribution in [-0.2, 0) is 11.2 Å². The number of hydrogen-bond donors (Lipinski definition) is 0. The van der Waals surface area contributed by atoms with Gasteiger partial charge in [0, 0.05) is 7.11 Å². The van der Waals surface area contributed by atoms with E-state index in [0.29, 0.717) is 6.79 Å². The first kappa shape index (κ1) is 13.0. The molecule has 0 atom stereocenters. The van der Waals surface area contributed by atoms with Gasteiger partial charge in [-0.15, -0.1) is 0 Å². The Morgan fingerprint density at radius 1 is 1.25 bits per heavy atom. The molecule has 0 aliphatic carbocycles. The minimum atomic E-state index is 0.307. The second-order valence-electron chi connectivity index (χ2n) is 4.11. The van der Waals surface area contributed by atoms with E-state index < -0.39 is 0 Å². The van der Waals surface area contributed by atoms with Crippen LogP contribution in [0.25, 0.3) is 0 Å². The average Bonchev–Trinajstić information content (AvgIpc) is 2.26. The van der Waals surface area contributed by atoms with Crippen molar-refractivity contribution in [1.29, 1.82) is 0 Å². The standard InChI is InChI=1S/C13H21NO2/c1-14(2)9-5-7-12-6-4-8-13(10-12)16-11-15-3/h4,6,8,10H,5,7,9,11H2,1-3H3. The van der Waals surface area contributed by atoms with Gasteiger partial charge in [0.25, 0.3) is 0 Å².